The van der Waals surface area contributed by atoms with Crippen LogP contribution in [0.5, 0.6) is 0 Å². The summed E-state index contributed by atoms with van der Waals surface area (Å²) in [4.78, 5) is 48.0. The Labute approximate surface area is 509 Å². The molecule has 0 aromatic heterocycles. The maximum atomic E-state index is 15.1. The van der Waals surface area contributed by atoms with E-state index in [2.05, 4.69) is 22.3 Å². The second-order valence-electron chi connectivity index (χ2n) is 20.3. The summed E-state index contributed by atoms with van der Waals surface area (Å²) in [6, 6.07) is 41.7. The van der Waals surface area contributed by atoms with Gasteiger partial charge in [-0.15, -0.1) is 0 Å². The molecule has 1 unspecified atom stereocenters. The van der Waals surface area contributed by atoms with Gasteiger partial charge in [0.15, 0.2) is 18.5 Å². The first kappa shape index (κ1) is 65.3. The fourth-order valence-corrected chi connectivity index (χ4v) is 12.3. The number of aliphatic hydroxyl groups excluding tert-OH is 1. The van der Waals surface area contributed by atoms with Gasteiger partial charge in [-0.1, -0.05) is 224 Å². The van der Waals surface area contributed by atoms with Crippen LogP contribution < -0.4 is 10.2 Å². The van der Waals surface area contributed by atoms with E-state index in [1.54, 1.807) is 12.1 Å². The van der Waals surface area contributed by atoms with E-state index >= 15 is 4.89 Å². The van der Waals surface area contributed by atoms with Crippen molar-refractivity contribution in [2.24, 2.45) is 5.11 Å². The number of fused-ring (bicyclic) bond motifs is 1. The number of ether oxygens (including phenoxy) is 8. The maximum absolute atomic E-state index is 15.1. The van der Waals surface area contributed by atoms with Crippen molar-refractivity contribution in [3.05, 3.63) is 184 Å². The number of halogens is 3. The smallest absolute Gasteiger partial charge is 0.407 e. The third kappa shape index (κ3) is 20.5. The number of hydrogen-bond donors (Lipinski definition) is 2. The number of nitrogens with one attached hydrogen (secondary N) is 1. The fraction of sp³-hybridized carbons (Fsp3) is 0.467. The number of carbonyl (C=O) groups excluding carboxylic acids is 2. The van der Waals surface area contributed by atoms with Crippen LogP contribution in [-0.4, -0.2) is 107 Å². The Balaban J connectivity index is 1.17. The van der Waals surface area contributed by atoms with Gasteiger partial charge in [-0.05, 0) is 51.9 Å². The first-order chi connectivity index (χ1) is 40.8. The van der Waals surface area contributed by atoms with Crippen molar-refractivity contribution in [2.75, 3.05) is 19.8 Å². The summed E-state index contributed by atoms with van der Waals surface area (Å²) >= 11 is 19.4. The number of azide groups is 1. The monoisotopic (exact) mass is 1260 g/mol. The van der Waals surface area contributed by atoms with Crippen LogP contribution in [0.25, 0.3) is 10.4 Å². The average Bonchev–Trinajstić information content (AvgIpc) is 3.86. The number of thioether (sulfide) groups is 1. The summed E-state index contributed by atoms with van der Waals surface area (Å²) in [6.45, 7) is 0.559. The molecule has 0 aliphatic carbocycles. The largest absolute Gasteiger partial charge is 0.606 e. The molecule has 5 aromatic carbocycles. The number of alkyl halides is 3. The molecule has 8 rings (SSSR count). The number of phosphoric acid groups is 1. The van der Waals surface area contributed by atoms with E-state index in [4.69, 9.17) is 86.3 Å². The number of esters is 1. The number of carbonyl (C=O) groups is 2. The van der Waals surface area contributed by atoms with Gasteiger partial charge < -0.3 is 53.2 Å². The lowest BCUT2D eigenvalue weighted by atomic mass is 9.96. The van der Waals surface area contributed by atoms with Crippen LogP contribution in [0.3, 0.4) is 0 Å². The van der Waals surface area contributed by atoms with E-state index in [9.17, 15) is 20.2 Å². The number of benzene rings is 5. The van der Waals surface area contributed by atoms with E-state index in [-0.39, 0.29) is 46.1 Å². The minimum atomic E-state index is -4.65. The summed E-state index contributed by atoms with van der Waals surface area (Å²) in [5, 5.41) is 18.9. The van der Waals surface area contributed by atoms with Gasteiger partial charge in [0, 0.05) is 9.81 Å². The molecule has 0 spiro atoms. The Hall–Kier alpha value is -4.64. The molecule has 5 aromatic rings. The van der Waals surface area contributed by atoms with Crippen molar-refractivity contribution < 1.29 is 71.1 Å². The van der Waals surface area contributed by atoms with E-state index in [1.807, 2.05) is 133 Å². The summed E-state index contributed by atoms with van der Waals surface area (Å²) < 4.78 is 67.9. The first-order valence-electron chi connectivity index (χ1n) is 27.9. The third-order valence-electron chi connectivity index (χ3n) is 14.0. The maximum Gasteiger partial charge on any atom is 0.407 e. The molecule has 1 amide bonds. The Bertz CT molecular complexity index is 2800. The van der Waals surface area contributed by atoms with Gasteiger partial charge in [0.1, 0.15) is 55.7 Å². The number of nitrogens with zero attached hydrogens (tertiary/aromatic N) is 3. The van der Waals surface area contributed by atoms with Gasteiger partial charge in [0.2, 0.25) is 3.79 Å². The van der Waals surface area contributed by atoms with Crippen molar-refractivity contribution in [1.82, 2.24) is 5.32 Å². The van der Waals surface area contributed by atoms with Gasteiger partial charge in [-0.25, -0.2) is 4.79 Å². The number of aliphatic hydroxyl groups is 1. The lowest BCUT2D eigenvalue weighted by Crippen LogP contribution is -2.67. The molecule has 0 saturated carbocycles. The molecule has 2 N–H and O–H groups in total. The molecule has 3 aliphatic heterocycles. The number of amides is 1. The average molecular weight is 1260 g/mol. The van der Waals surface area contributed by atoms with Crippen molar-refractivity contribution in [3.63, 3.8) is 0 Å². The van der Waals surface area contributed by atoms with Crippen LogP contribution in [0.4, 0.5) is 4.79 Å². The highest BCUT2D eigenvalue weighted by Gasteiger charge is 2.57. The third-order valence-corrected chi connectivity index (χ3v) is 16.9. The quantitative estimate of drug-likeness (QED) is 0.00661. The second-order valence-corrected chi connectivity index (χ2v) is 25.6. The lowest BCUT2D eigenvalue weighted by molar-refractivity contribution is -0.304. The lowest BCUT2D eigenvalue weighted by Gasteiger charge is -2.47. The minimum absolute atomic E-state index is 0.00299. The van der Waals surface area contributed by atoms with Gasteiger partial charge in [-0.3, -0.25) is 4.79 Å². The minimum Gasteiger partial charge on any atom is -0.606 e. The predicted octanol–water partition coefficient (Wildman–Crippen LogP) is 12.0. The first-order valence-corrected chi connectivity index (χ1v) is 31.4. The zero-order valence-electron chi connectivity index (χ0n) is 46.3. The number of rotatable bonds is 29. The highest BCUT2D eigenvalue weighted by atomic mass is 35.6. The zero-order chi connectivity index (χ0) is 59.2. The summed E-state index contributed by atoms with van der Waals surface area (Å²) in [6.07, 6.45) is -6.92. The summed E-state index contributed by atoms with van der Waals surface area (Å²) in [5.41, 5.74) is 12.7. The van der Waals surface area contributed by atoms with Crippen molar-refractivity contribution in [1.29, 1.82) is 0 Å². The van der Waals surface area contributed by atoms with E-state index < -0.39 is 104 Å². The molecular formula is C60H70Cl3N4O15PS. The highest BCUT2D eigenvalue weighted by molar-refractivity contribution is 7.99. The van der Waals surface area contributed by atoms with Gasteiger partial charge in [0.25, 0.3) is 0 Å². The van der Waals surface area contributed by atoms with Crippen molar-refractivity contribution >= 4 is 66.8 Å². The molecule has 0 radical (unpaired) electrons. The van der Waals surface area contributed by atoms with E-state index in [0.717, 1.165) is 53.7 Å². The second kappa shape index (κ2) is 33.5. The number of alkyl carbamates (subject to hydrolysis) is 1. The topological polar surface area (TPSA) is 240 Å². The molecule has 0 bridgehead atoms. The summed E-state index contributed by atoms with van der Waals surface area (Å²) in [7, 11) is -4.65. The number of hydrogen-bond acceptors (Lipinski definition) is 17. The van der Waals surface area contributed by atoms with Crippen LogP contribution in [0.15, 0.2) is 156 Å². The van der Waals surface area contributed by atoms with Crippen molar-refractivity contribution in [2.45, 2.75) is 160 Å². The van der Waals surface area contributed by atoms with Crippen LogP contribution >= 0.6 is 54.7 Å². The normalized spacial score (nSPS) is 24.4. The molecule has 452 valence electrons. The number of unbranched alkanes of at least 4 members (excludes halogenated alkanes) is 4. The molecule has 3 aliphatic rings. The molecular weight excluding hydrogens is 1190 g/mol. The molecule has 24 heteroatoms. The Morgan fingerprint density at radius 1 is 0.762 bits per heavy atom. The molecule has 84 heavy (non-hydrogen) atoms. The Kier molecular flexibility index (Phi) is 26.0. The predicted molar refractivity (Wildman–Crippen MR) is 315 cm³/mol. The number of phosphoric ester groups is 1. The van der Waals surface area contributed by atoms with Gasteiger partial charge >= 0.3 is 20.2 Å². The SMILES string of the molecule is CCCCCCC[C@H](CC(=O)O[C@@H]1[C@@H](NC(=O)OCC(Cl)(Cl)Cl)[C@H](O[13CH2][C@H]2OC(Sc3ccccc3)[C@H](N=[N+]=[N-])[C@@H](O)[C@@H]2OCc2ccccc2)O[C@H](COCc2ccccc2)[C@H]1O[P+]1([O-])OCc2ccccc2CO1)OCc1ccccc1. The Morgan fingerprint density at radius 3 is 1.96 bits per heavy atom. The van der Waals surface area contributed by atoms with Gasteiger partial charge in [0.05, 0.1) is 51.7 Å². The van der Waals surface area contributed by atoms with Crippen LogP contribution in [0, 0.1) is 0 Å². The highest BCUT2D eigenvalue weighted by Crippen LogP contribution is 2.59. The molecule has 19 nitrogen and oxygen atoms in total. The van der Waals surface area contributed by atoms with Crippen LogP contribution in [0.1, 0.15) is 79.7 Å². The fourth-order valence-electron chi connectivity index (χ4n) is 9.69. The summed E-state index contributed by atoms with van der Waals surface area (Å²) in [5.74, 6) is -0.794. The van der Waals surface area contributed by atoms with E-state index in [1.165, 1.54) is 11.8 Å². The van der Waals surface area contributed by atoms with Gasteiger partial charge in [-0.2, -0.15) is 13.6 Å². The standard InChI is InChI=1S/C60H70Cl3N4O15PS/c1-2-3-4-5-16-29-46(73-34-42-23-12-7-13-24-42)32-50(68)81-56-52(65-59(70)76-40-60(61,62)63)57(79-48(38-72-33-41-21-10-6-11-22-41)55(56)82-83(71)77-36-44-27-19-20-28-45(44)37-78-83)75-39-49-54(74-35-43-25-14-8-15-26-43)53(69)51(66-67-64)58(80-49)84-47-30-17-9-18-31-47/h6-15,17-28,30-31,46,48-49,51-58,69H,2-5,16,29,32-40H2,1H3,(H,65,70)/t46-,48-,49-,51-,52-,53-,54-,55-,56-,57-,58?/m1/s1/i39+1. The Morgan fingerprint density at radius 2 is 1.35 bits per heavy atom. The van der Waals surface area contributed by atoms with Crippen LogP contribution in [-0.2, 0) is 89.3 Å². The molecule has 3 heterocycles. The molecule has 2 saturated heterocycles. The molecule has 11 atom stereocenters. The molecule has 2 fully saturated rings. The zero-order valence-corrected chi connectivity index (χ0v) is 50.3. The van der Waals surface area contributed by atoms with E-state index in [0.29, 0.717) is 17.5 Å². The van der Waals surface area contributed by atoms with Crippen LogP contribution in [0.2, 0.25) is 0 Å². The van der Waals surface area contributed by atoms with Crippen molar-refractivity contribution in [3.8, 4) is 0 Å².